The molecule has 48 heavy (non-hydrogen) atoms. The van der Waals surface area contributed by atoms with Gasteiger partial charge in [0.2, 0.25) is 5.91 Å². The van der Waals surface area contributed by atoms with E-state index < -0.39 is 23.8 Å². The standard InChI is InChI=1S/C36H43N5O7/c1-2-46-32(43)21-37-35(45)39-28-8-6-7-27(19-28)33-47-30(20-31(48-33)26-13-11-25(23-42)12-14-26)22-40-17-15-36(16-18-40)34(44)38-24-41(36)29-9-4-3-5-10-29/h3-14,19,30-31,33,42H,2,15-18,20-24H2,1H3,(H,38,44)(H2,37,39,45). The topological polar surface area (TPSA) is 142 Å². The largest absolute Gasteiger partial charge is 0.465 e. The summed E-state index contributed by atoms with van der Waals surface area (Å²) in [5.41, 5.74) is 3.54. The van der Waals surface area contributed by atoms with Crippen LogP contribution in [0.1, 0.15) is 55.3 Å². The Bertz CT molecular complexity index is 1560. The number of benzene rings is 3. The number of rotatable bonds is 10. The molecule has 3 atom stereocenters. The first-order chi connectivity index (χ1) is 23.4. The molecule has 4 N–H and O–H groups in total. The molecule has 0 saturated carbocycles. The molecule has 0 bridgehead atoms. The van der Waals surface area contributed by atoms with Gasteiger partial charge in [0.25, 0.3) is 0 Å². The number of esters is 1. The summed E-state index contributed by atoms with van der Waals surface area (Å²) in [7, 11) is 0. The fourth-order valence-electron chi connectivity index (χ4n) is 6.76. The molecular weight excluding hydrogens is 614 g/mol. The molecular formula is C36H43N5O7. The number of hydrogen-bond acceptors (Lipinski definition) is 9. The van der Waals surface area contributed by atoms with Gasteiger partial charge in [-0.3, -0.25) is 9.59 Å². The van der Waals surface area contributed by atoms with Crippen LogP contribution in [-0.2, 0) is 30.4 Å². The minimum absolute atomic E-state index is 0.0382. The number of piperidine rings is 1. The molecule has 254 valence electrons. The number of para-hydroxylation sites is 1. The fourth-order valence-corrected chi connectivity index (χ4v) is 6.76. The molecule has 3 amide bonds. The highest BCUT2D eigenvalue weighted by Crippen LogP contribution is 2.40. The lowest BCUT2D eigenvalue weighted by atomic mass is 9.85. The molecule has 0 aliphatic carbocycles. The molecule has 3 aliphatic heterocycles. The van der Waals surface area contributed by atoms with Gasteiger partial charge in [0, 0.05) is 43.0 Å². The van der Waals surface area contributed by atoms with Gasteiger partial charge in [-0.25, -0.2) is 4.79 Å². The van der Waals surface area contributed by atoms with Crippen molar-refractivity contribution in [2.45, 2.75) is 56.8 Å². The van der Waals surface area contributed by atoms with Crippen molar-refractivity contribution in [3.05, 3.63) is 95.6 Å². The maximum Gasteiger partial charge on any atom is 0.325 e. The molecule has 0 radical (unpaired) electrons. The third-order valence-corrected chi connectivity index (χ3v) is 9.28. The summed E-state index contributed by atoms with van der Waals surface area (Å²) < 4.78 is 18.0. The second-order valence-electron chi connectivity index (χ2n) is 12.3. The number of aliphatic hydroxyl groups excluding tert-OH is 1. The number of likely N-dealkylation sites (tertiary alicyclic amines) is 1. The first-order valence-corrected chi connectivity index (χ1v) is 16.5. The maximum atomic E-state index is 13.2. The number of aliphatic hydroxyl groups is 1. The number of amides is 3. The molecule has 1 spiro atoms. The van der Waals surface area contributed by atoms with E-state index in [0.29, 0.717) is 38.2 Å². The summed E-state index contributed by atoms with van der Waals surface area (Å²) in [6, 6.07) is 24.6. The van der Waals surface area contributed by atoms with Crippen molar-refractivity contribution in [3.63, 3.8) is 0 Å². The van der Waals surface area contributed by atoms with Crippen molar-refractivity contribution in [1.29, 1.82) is 0 Å². The van der Waals surface area contributed by atoms with Gasteiger partial charge in [-0.2, -0.15) is 0 Å². The number of nitrogens with zero attached hydrogens (tertiary/aromatic N) is 2. The molecule has 3 fully saturated rings. The van der Waals surface area contributed by atoms with Crippen LogP contribution in [0.5, 0.6) is 0 Å². The number of nitrogens with one attached hydrogen (secondary N) is 3. The van der Waals surface area contributed by atoms with Gasteiger partial charge in [-0.1, -0.05) is 54.6 Å². The molecule has 3 aliphatic rings. The highest BCUT2D eigenvalue weighted by atomic mass is 16.7. The van der Waals surface area contributed by atoms with E-state index in [-0.39, 0.29) is 37.9 Å². The second-order valence-corrected chi connectivity index (χ2v) is 12.3. The van der Waals surface area contributed by atoms with E-state index in [9.17, 15) is 19.5 Å². The summed E-state index contributed by atoms with van der Waals surface area (Å²) in [5, 5.41) is 17.9. The Morgan fingerprint density at radius 3 is 2.50 bits per heavy atom. The average molecular weight is 658 g/mol. The Morgan fingerprint density at radius 1 is 1.00 bits per heavy atom. The number of carbonyl (C=O) groups excluding carboxylic acids is 3. The van der Waals surface area contributed by atoms with Crippen molar-refractivity contribution >= 4 is 29.3 Å². The normalized spacial score (nSPS) is 22.2. The number of carbonyl (C=O) groups is 3. The van der Waals surface area contributed by atoms with Crippen LogP contribution >= 0.6 is 0 Å². The van der Waals surface area contributed by atoms with Crippen LogP contribution < -0.4 is 20.9 Å². The molecule has 3 saturated heterocycles. The Balaban J connectivity index is 1.15. The predicted octanol–water partition coefficient (Wildman–Crippen LogP) is 3.84. The molecule has 3 aromatic rings. The van der Waals surface area contributed by atoms with E-state index >= 15 is 0 Å². The number of hydrogen-bond donors (Lipinski definition) is 4. The summed E-state index contributed by atoms with van der Waals surface area (Å²) in [5.74, 6) is -0.429. The number of ether oxygens (including phenoxy) is 3. The van der Waals surface area contributed by atoms with Gasteiger partial charge in [-0.05, 0) is 55.2 Å². The smallest absolute Gasteiger partial charge is 0.325 e. The van der Waals surface area contributed by atoms with Crippen LogP contribution in [0, 0.1) is 0 Å². The van der Waals surface area contributed by atoms with Crippen LogP contribution in [-0.4, -0.2) is 79.0 Å². The van der Waals surface area contributed by atoms with Gasteiger partial charge < -0.3 is 45.1 Å². The van der Waals surface area contributed by atoms with Gasteiger partial charge in [0.15, 0.2) is 6.29 Å². The highest BCUT2D eigenvalue weighted by molar-refractivity contribution is 5.93. The van der Waals surface area contributed by atoms with Crippen LogP contribution in [0.15, 0.2) is 78.9 Å². The lowest BCUT2D eigenvalue weighted by molar-refractivity contribution is -0.253. The molecule has 12 nitrogen and oxygen atoms in total. The van der Waals surface area contributed by atoms with Crippen LogP contribution in [0.2, 0.25) is 0 Å². The third-order valence-electron chi connectivity index (χ3n) is 9.28. The number of anilines is 2. The van der Waals surface area contributed by atoms with Gasteiger partial charge >= 0.3 is 12.0 Å². The zero-order chi connectivity index (χ0) is 33.5. The van der Waals surface area contributed by atoms with Gasteiger partial charge in [-0.15, -0.1) is 0 Å². The van der Waals surface area contributed by atoms with Gasteiger partial charge in [0.05, 0.1) is 32.1 Å². The lowest BCUT2D eigenvalue weighted by Crippen LogP contribution is -2.57. The van der Waals surface area contributed by atoms with Crippen molar-refractivity contribution in [3.8, 4) is 0 Å². The molecule has 3 unspecified atom stereocenters. The van der Waals surface area contributed by atoms with E-state index in [1.807, 2.05) is 54.6 Å². The monoisotopic (exact) mass is 657 g/mol. The summed E-state index contributed by atoms with van der Waals surface area (Å²) in [6.45, 7) is 4.34. The first-order valence-electron chi connectivity index (χ1n) is 16.5. The van der Waals surface area contributed by atoms with Crippen LogP contribution in [0.4, 0.5) is 16.2 Å². The zero-order valence-electron chi connectivity index (χ0n) is 27.1. The van der Waals surface area contributed by atoms with E-state index in [2.05, 4.69) is 37.9 Å². The van der Waals surface area contributed by atoms with E-state index in [1.165, 1.54) is 0 Å². The van der Waals surface area contributed by atoms with E-state index in [4.69, 9.17) is 14.2 Å². The SMILES string of the molecule is CCOC(=O)CNC(=O)Nc1cccc(C2OC(CN3CCC4(CC3)C(=O)NCN4c3ccccc3)CC(c3ccc(CO)cc3)O2)c1. The second kappa shape index (κ2) is 15.2. The minimum Gasteiger partial charge on any atom is -0.465 e. The summed E-state index contributed by atoms with van der Waals surface area (Å²) in [4.78, 5) is 41.8. The Labute approximate surface area is 280 Å². The minimum atomic E-state index is -0.707. The van der Waals surface area contributed by atoms with Crippen molar-refractivity contribution in [2.75, 3.05) is 49.7 Å². The molecule has 6 rings (SSSR count). The first kappa shape index (κ1) is 33.4. The zero-order valence-corrected chi connectivity index (χ0v) is 27.1. The molecule has 12 heteroatoms. The third kappa shape index (κ3) is 7.63. The Hall–Kier alpha value is -4.49. The molecule has 3 aromatic carbocycles. The maximum absolute atomic E-state index is 13.2. The van der Waals surface area contributed by atoms with Gasteiger partial charge in [0.1, 0.15) is 12.1 Å². The van der Waals surface area contributed by atoms with Crippen LogP contribution in [0.25, 0.3) is 0 Å². The Morgan fingerprint density at radius 2 is 1.77 bits per heavy atom. The average Bonchev–Trinajstić information content (AvgIpc) is 3.43. The summed E-state index contributed by atoms with van der Waals surface area (Å²) in [6.07, 6.45) is 0.891. The van der Waals surface area contributed by atoms with E-state index in [0.717, 1.165) is 35.5 Å². The highest BCUT2D eigenvalue weighted by Gasteiger charge is 2.50. The summed E-state index contributed by atoms with van der Waals surface area (Å²) >= 11 is 0. The number of urea groups is 1. The van der Waals surface area contributed by atoms with Crippen molar-refractivity contribution < 1.29 is 33.7 Å². The Kier molecular flexibility index (Phi) is 10.6. The molecule has 3 heterocycles. The quantitative estimate of drug-likeness (QED) is 0.240. The van der Waals surface area contributed by atoms with E-state index in [1.54, 1.807) is 19.1 Å². The van der Waals surface area contributed by atoms with Crippen molar-refractivity contribution in [1.82, 2.24) is 15.5 Å². The lowest BCUT2D eigenvalue weighted by Gasteiger charge is -2.45. The van der Waals surface area contributed by atoms with Crippen molar-refractivity contribution in [2.24, 2.45) is 0 Å². The predicted molar refractivity (Wildman–Crippen MR) is 179 cm³/mol. The molecule has 0 aromatic heterocycles. The van der Waals surface area contributed by atoms with Crippen LogP contribution in [0.3, 0.4) is 0 Å². The fraction of sp³-hybridized carbons (Fsp3) is 0.417.